The minimum Gasteiger partial charge on any atom is -0.376 e. The summed E-state index contributed by atoms with van der Waals surface area (Å²) < 4.78 is 6.77. The maximum atomic E-state index is 12.0. The lowest BCUT2D eigenvalue weighted by Gasteiger charge is -2.08. The van der Waals surface area contributed by atoms with E-state index in [4.69, 9.17) is 4.52 Å². The van der Waals surface area contributed by atoms with E-state index in [1.165, 1.54) is 0 Å². The quantitative estimate of drug-likeness (QED) is 0.707. The number of rotatable bonds is 6. The number of hydrogen-bond donors (Lipinski definition) is 2. The lowest BCUT2D eigenvalue weighted by molar-refractivity contribution is -0.114. The first-order valence-corrected chi connectivity index (χ1v) is 8.04. The molecular formula is C16H17N7O2. The molecule has 0 aliphatic heterocycles. The molecule has 0 spiro atoms. The predicted octanol–water partition coefficient (Wildman–Crippen LogP) is 2.02. The zero-order chi connectivity index (χ0) is 17.2. The van der Waals surface area contributed by atoms with E-state index in [1.807, 2.05) is 28.9 Å². The molecule has 0 atom stereocenters. The van der Waals surface area contributed by atoms with Gasteiger partial charge in [-0.2, -0.15) is 0 Å². The summed E-state index contributed by atoms with van der Waals surface area (Å²) in [7, 11) is 0. The van der Waals surface area contributed by atoms with Gasteiger partial charge >= 0.3 is 0 Å². The van der Waals surface area contributed by atoms with Crippen LogP contribution in [0.5, 0.6) is 0 Å². The fourth-order valence-corrected chi connectivity index (χ4v) is 2.51. The van der Waals surface area contributed by atoms with Crippen molar-refractivity contribution in [2.75, 3.05) is 17.2 Å². The van der Waals surface area contributed by atoms with Gasteiger partial charge in [0.15, 0.2) is 11.6 Å². The molecule has 128 valence electrons. The first-order valence-electron chi connectivity index (χ1n) is 8.04. The lowest BCUT2D eigenvalue weighted by Crippen LogP contribution is -2.21. The molecule has 1 aromatic carbocycles. The highest BCUT2D eigenvalue weighted by Gasteiger charge is 2.28. The summed E-state index contributed by atoms with van der Waals surface area (Å²) in [6.45, 7) is 1.88. The molecule has 9 heteroatoms. The van der Waals surface area contributed by atoms with E-state index in [0.717, 1.165) is 29.9 Å². The molecule has 0 saturated heterocycles. The molecule has 0 bridgehead atoms. The van der Waals surface area contributed by atoms with Crippen LogP contribution < -0.4 is 10.6 Å². The Hall–Kier alpha value is -3.23. The van der Waals surface area contributed by atoms with E-state index < -0.39 is 0 Å². The Morgan fingerprint density at radius 3 is 3.00 bits per heavy atom. The van der Waals surface area contributed by atoms with Crippen molar-refractivity contribution in [3.8, 4) is 11.4 Å². The van der Waals surface area contributed by atoms with Gasteiger partial charge in [-0.1, -0.05) is 17.3 Å². The van der Waals surface area contributed by atoms with Crippen molar-refractivity contribution in [3.63, 3.8) is 0 Å². The third-order valence-electron chi connectivity index (χ3n) is 3.85. The number of anilines is 2. The highest BCUT2D eigenvalue weighted by Crippen LogP contribution is 2.36. The van der Waals surface area contributed by atoms with Crippen LogP contribution >= 0.6 is 0 Å². The molecule has 1 fully saturated rings. The number of amides is 1. The minimum atomic E-state index is -0.207. The van der Waals surface area contributed by atoms with Crippen molar-refractivity contribution in [2.45, 2.75) is 25.8 Å². The largest absolute Gasteiger partial charge is 0.376 e. The number of aryl methyl sites for hydroxylation is 1. The second kappa shape index (κ2) is 6.34. The minimum absolute atomic E-state index is 0.114. The van der Waals surface area contributed by atoms with E-state index in [9.17, 15) is 4.79 Å². The number of carbonyl (C=O) groups excluding carboxylic acids is 1. The Morgan fingerprint density at radius 1 is 1.36 bits per heavy atom. The SMILES string of the molecule is Cc1cc(NC(=O)CNc2cccc(-c3nnnn3C3CC3)c2)no1. The topological polar surface area (TPSA) is 111 Å². The summed E-state index contributed by atoms with van der Waals surface area (Å²) in [6.07, 6.45) is 2.22. The third-order valence-corrected chi connectivity index (χ3v) is 3.85. The number of nitrogens with one attached hydrogen (secondary N) is 2. The van der Waals surface area contributed by atoms with Gasteiger partial charge in [0, 0.05) is 17.3 Å². The molecule has 2 aromatic heterocycles. The Bertz CT molecular complexity index is 897. The van der Waals surface area contributed by atoms with E-state index in [2.05, 4.69) is 31.3 Å². The summed E-state index contributed by atoms with van der Waals surface area (Å²) in [5.74, 6) is 1.58. The monoisotopic (exact) mass is 339 g/mol. The van der Waals surface area contributed by atoms with E-state index in [-0.39, 0.29) is 12.5 Å². The summed E-state index contributed by atoms with van der Waals surface area (Å²) in [5, 5.41) is 21.4. The van der Waals surface area contributed by atoms with Crippen LogP contribution in [0.1, 0.15) is 24.6 Å². The van der Waals surface area contributed by atoms with Crippen LogP contribution in [0.25, 0.3) is 11.4 Å². The molecular weight excluding hydrogens is 322 g/mol. The van der Waals surface area contributed by atoms with Gasteiger partial charge < -0.3 is 15.2 Å². The molecule has 3 aromatic rings. The first kappa shape index (κ1) is 15.3. The molecule has 1 aliphatic carbocycles. The van der Waals surface area contributed by atoms with Crippen molar-refractivity contribution < 1.29 is 9.32 Å². The van der Waals surface area contributed by atoms with Crippen molar-refractivity contribution in [3.05, 3.63) is 36.1 Å². The molecule has 4 rings (SSSR count). The number of tetrazole rings is 1. The van der Waals surface area contributed by atoms with Crippen molar-refractivity contribution in [1.82, 2.24) is 25.4 Å². The van der Waals surface area contributed by atoms with Gasteiger partial charge in [0.25, 0.3) is 0 Å². The Kier molecular flexibility index (Phi) is 3.88. The number of carbonyl (C=O) groups is 1. The van der Waals surface area contributed by atoms with E-state index in [0.29, 0.717) is 17.6 Å². The highest BCUT2D eigenvalue weighted by molar-refractivity contribution is 5.92. The van der Waals surface area contributed by atoms with Gasteiger partial charge in [-0.15, -0.1) is 5.10 Å². The molecule has 25 heavy (non-hydrogen) atoms. The smallest absolute Gasteiger partial charge is 0.244 e. The number of hydrogen-bond acceptors (Lipinski definition) is 7. The van der Waals surface area contributed by atoms with E-state index >= 15 is 0 Å². The zero-order valence-electron chi connectivity index (χ0n) is 13.6. The molecule has 1 saturated carbocycles. The lowest BCUT2D eigenvalue weighted by atomic mass is 10.2. The predicted molar refractivity (Wildman–Crippen MR) is 89.9 cm³/mol. The van der Waals surface area contributed by atoms with Crippen LogP contribution in [0.15, 0.2) is 34.9 Å². The Labute approximate surface area is 143 Å². The molecule has 2 heterocycles. The average Bonchev–Trinajstić information content (AvgIpc) is 3.19. The van der Waals surface area contributed by atoms with Crippen LogP contribution in [0.4, 0.5) is 11.5 Å². The number of aromatic nitrogens is 5. The molecule has 9 nitrogen and oxygen atoms in total. The summed E-state index contributed by atoms with van der Waals surface area (Å²) >= 11 is 0. The van der Waals surface area contributed by atoms with Crippen molar-refractivity contribution in [2.24, 2.45) is 0 Å². The van der Waals surface area contributed by atoms with Gasteiger partial charge in [0.1, 0.15) is 5.76 Å². The first-order chi connectivity index (χ1) is 12.2. The maximum Gasteiger partial charge on any atom is 0.244 e. The molecule has 0 unspecified atom stereocenters. The highest BCUT2D eigenvalue weighted by atomic mass is 16.5. The zero-order valence-corrected chi connectivity index (χ0v) is 13.6. The Balaban J connectivity index is 1.41. The normalized spacial score (nSPS) is 13.6. The molecule has 1 amide bonds. The average molecular weight is 339 g/mol. The van der Waals surface area contributed by atoms with Gasteiger partial charge in [0.2, 0.25) is 5.91 Å². The Morgan fingerprint density at radius 2 is 2.24 bits per heavy atom. The summed E-state index contributed by atoms with van der Waals surface area (Å²) in [4.78, 5) is 12.0. The second-order valence-electron chi connectivity index (χ2n) is 5.98. The molecule has 2 N–H and O–H groups in total. The summed E-state index contributed by atoms with van der Waals surface area (Å²) in [6, 6.07) is 9.74. The second-order valence-corrected chi connectivity index (χ2v) is 5.98. The molecule has 0 radical (unpaired) electrons. The van der Waals surface area contributed by atoms with Crippen LogP contribution in [0.2, 0.25) is 0 Å². The van der Waals surface area contributed by atoms with Crippen molar-refractivity contribution >= 4 is 17.4 Å². The molecule has 1 aliphatic rings. The van der Waals surface area contributed by atoms with Crippen LogP contribution in [-0.2, 0) is 4.79 Å². The third kappa shape index (κ3) is 3.49. The number of benzene rings is 1. The fraction of sp³-hybridized carbons (Fsp3) is 0.312. The van der Waals surface area contributed by atoms with Crippen LogP contribution in [0, 0.1) is 6.92 Å². The fourth-order valence-electron chi connectivity index (χ4n) is 2.51. The standard InChI is InChI=1S/C16H17N7O2/c1-10-7-14(20-25-10)18-15(24)9-17-12-4-2-3-11(8-12)16-19-21-22-23(16)13-5-6-13/h2-4,7-8,13,17H,5-6,9H2,1H3,(H,18,20,24). The van der Waals surface area contributed by atoms with Crippen LogP contribution in [0.3, 0.4) is 0 Å². The van der Waals surface area contributed by atoms with Gasteiger partial charge in [0.05, 0.1) is 12.6 Å². The van der Waals surface area contributed by atoms with Gasteiger partial charge in [-0.3, -0.25) is 4.79 Å². The maximum absolute atomic E-state index is 12.0. The van der Waals surface area contributed by atoms with Crippen molar-refractivity contribution in [1.29, 1.82) is 0 Å². The van der Waals surface area contributed by atoms with Gasteiger partial charge in [-0.25, -0.2) is 4.68 Å². The van der Waals surface area contributed by atoms with Crippen LogP contribution in [-0.4, -0.2) is 37.8 Å². The number of nitrogens with zero attached hydrogens (tertiary/aromatic N) is 5. The van der Waals surface area contributed by atoms with Gasteiger partial charge in [-0.05, 0) is 42.3 Å². The van der Waals surface area contributed by atoms with E-state index in [1.54, 1.807) is 13.0 Å². The summed E-state index contributed by atoms with van der Waals surface area (Å²) in [5.41, 5.74) is 1.73.